The summed E-state index contributed by atoms with van der Waals surface area (Å²) in [6.45, 7) is 4.60. The van der Waals surface area contributed by atoms with Crippen LogP contribution in [0.3, 0.4) is 0 Å². The number of hydrogen-bond donors (Lipinski definition) is 2. The number of hydrogen-bond acceptors (Lipinski definition) is 2. The van der Waals surface area contributed by atoms with Gasteiger partial charge in [0.25, 0.3) is 0 Å². The summed E-state index contributed by atoms with van der Waals surface area (Å²) in [7, 11) is 0. The zero-order valence-corrected chi connectivity index (χ0v) is 8.76. The van der Waals surface area contributed by atoms with E-state index < -0.39 is 0 Å². The lowest BCUT2D eigenvalue weighted by Gasteiger charge is -2.10. The van der Waals surface area contributed by atoms with E-state index in [1.54, 1.807) is 6.08 Å². The van der Waals surface area contributed by atoms with E-state index in [-0.39, 0.29) is 12.6 Å². The van der Waals surface area contributed by atoms with Crippen molar-refractivity contribution < 1.29 is 5.11 Å². The summed E-state index contributed by atoms with van der Waals surface area (Å²) in [4.78, 5) is 0. The van der Waals surface area contributed by atoms with Crippen molar-refractivity contribution >= 4 is 0 Å². The van der Waals surface area contributed by atoms with Gasteiger partial charge in [-0.2, -0.15) is 0 Å². The molecule has 1 atom stereocenters. The molecular formula is C13H17NO. The van der Waals surface area contributed by atoms with Crippen LogP contribution in [0, 0.1) is 0 Å². The van der Waals surface area contributed by atoms with Crippen molar-refractivity contribution in [3.8, 4) is 0 Å². The maximum absolute atomic E-state index is 8.65. The molecule has 0 aliphatic carbocycles. The Bertz CT molecular complexity index is 306. The smallest absolute Gasteiger partial charge is 0.0613 e. The van der Waals surface area contributed by atoms with E-state index in [9.17, 15) is 0 Å². The predicted molar refractivity (Wildman–Crippen MR) is 63.5 cm³/mol. The lowest BCUT2D eigenvalue weighted by molar-refractivity contribution is 0.342. The molecule has 0 saturated heterocycles. The van der Waals surface area contributed by atoms with Gasteiger partial charge < -0.3 is 10.4 Å². The van der Waals surface area contributed by atoms with Crippen LogP contribution in [-0.2, 0) is 6.54 Å². The van der Waals surface area contributed by atoms with E-state index in [2.05, 4.69) is 24.0 Å². The first kappa shape index (κ1) is 11.7. The van der Waals surface area contributed by atoms with Crippen LogP contribution in [0.15, 0.2) is 55.1 Å². The summed E-state index contributed by atoms with van der Waals surface area (Å²) in [5.74, 6) is 0. The van der Waals surface area contributed by atoms with Crippen molar-refractivity contribution in [2.24, 2.45) is 0 Å². The standard InChI is InChI=1S/C13H17NO/c1-2-13(9-6-10-15)14-11-12-7-4-3-5-8-12/h2-9,13-15H,1,10-11H2/b9-6-/t13-/m0/s1. The van der Waals surface area contributed by atoms with Crippen molar-refractivity contribution in [1.82, 2.24) is 5.32 Å². The molecule has 0 heterocycles. The van der Waals surface area contributed by atoms with Gasteiger partial charge in [-0.25, -0.2) is 0 Å². The number of aliphatic hydroxyl groups excluding tert-OH is 1. The van der Waals surface area contributed by atoms with Crippen molar-refractivity contribution in [3.63, 3.8) is 0 Å². The van der Waals surface area contributed by atoms with Crippen LogP contribution in [0.5, 0.6) is 0 Å². The van der Waals surface area contributed by atoms with E-state index in [4.69, 9.17) is 5.11 Å². The Kier molecular flexibility index (Phi) is 5.44. The lowest BCUT2D eigenvalue weighted by atomic mass is 10.2. The van der Waals surface area contributed by atoms with E-state index >= 15 is 0 Å². The SMILES string of the molecule is C=C[C@@H](/C=C\CO)NCc1ccccc1. The topological polar surface area (TPSA) is 32.3 Å². The summed E-state index contributed by atoms with van der Waals surface area (Å²) >= 11 is 0. The highest BCUT2D eigenvalue weighted by atomic mass is 16.2. The second-order valence-corrected chi connectivity index (χ2v) is 3.24. The fraction of sp³-hybridized carbons (Fsp3) is 0.231. The molecule has 0 saturated carbocycles. The Hall–Kier alpha value is -1.38. The average Bonchev–Trinajstić information content (AvgIpc) is 2.31. The predicted octanol–water partition coefficient (Wildman–Crippen LogP) is 1.88. The van der Waals surface area contributed by atoms with Crippen LogP contribution >= 0.6 is 0 Å². The van der Waals surface area contributed by atoms with E-state index in [0.717, 1.165) is 6.54 Å². The van der Waals surface area contributed by atoms with E-state index in [1.165, 1.54) is 5.56 Å². The van der Waals surface area contributed by atoms with Crippen molar-refractivity contribution in [1.29, 1.82) is 0 Å². The van der Waals surface area contributed by atoms with Crippen LogP contribution in [0.25, 0.3) is 0 Å². The van der Waals surface area contributed by atoms with Gasteiger partial charge in [-0.05, 0) is 5.56 Å². The summed E-state index contributed by atoms with van der Waals surface area (Å²) in [5, 5.41) is 12.0. The largest absolute Gasteiger partial charge is 0.392 e. The second kappa shape index (κ2) is 6.98. The Balaban J connectivity index is 2.41. The molecule has 1 rings (SSSR count). The Morgan fingerprint density at radius 2 is 2.07 bits per heavy atom. The van der Waals surface area contributed by atoms with Gasteiger partial charge in [0.15, 0.2) is 0 Å². The maximum Gasteiger partial charge on any atom is 0.0613 e. The van der Waals surface area contributed by atoms with Crippen molar-refractivity contribution in [3.05, 3.63) is 60.7 Å². The molecule has 0 aromatic heterocycles. The van der Waals surface area contributed by atoms with Gasteiger partial charge in [-0.1, -0.05) is 48.6 Å². The first-order chi connectivity index (χ1) is 7.36. The molecule has 0 aliphatic heterocycles. The zero-order chi connectivity index (χ0) is 10.9. The molecule has 80 valence electrons. The Labute approximate surface area is 91.0 Å². The third-order valence-electron chi connectivity index (χ3n) is 2.09. The van der Waals surface area contributed by atoms with Crippen LogP contribution in [-0.4, -0.2) is 17.8 Å². The highest BCUT2D eigenvalue weighted by molar-refractivity contribution is 5.15. The minimum atomic E-state index is 0.0668. The fourth-order valence-electron chi connectivity index (χ4n) is 1.27. The normalized spacial score (nSPS) is 12.9. The molecule has 15 heavy (non-hydrogen) atoms. The highest BCUT2D eigenvalue weighted by Gasteiger charge is 1.97. The summed E-state index contributed by atoms with van der Waals surface area (Å²) in [6, 6.07) is 10.3. The number of aliphatic hydroxyl groups is 1. The molecule has 2 N–H and O–H groups in total. The second-order valence-electron chi connectivity index (χ2n) is 3.24. The molecule has 1 aromatic carbocycles. The summed E-state index contributed by atoms with van der Waals surface area (Å²) < 4.78 is 0. The van der Waals surface area contributed by atoms with Crippen molar-refractivity contribution in [2.75, 3.05) is 6.61 Å². The van der Waals surface area contributed by atoms with Crippen LogP contribution < -0.4 is 5.32 Å². The Morgan fingerprint density at radius 3 is 2.67 bits per heavy atom. The van der Waals surface area contributed by atoms with Gasteiger partial charge >= 0.3 is 0 Å². The molecule has 1 aromatic rings. The first-order valence-electron chi connectivity index (χ1n) is 5.04. The third kappa shape index (κ3) is 4.58. The minimum Gasteiger partial charge on any atom is -0.392 e. The number of nitrogens with one attached hydrogen (secondary N) is 1. The van der Waals surface area contributed by atoms with Gasteiger partial charge in [-0.15, -0.1) is 6.58 Å². The molecule has 0 unspecified atom stereocenters. The van der Waals surface area contributed by atoms with Gasteiger partial charge in [-0.3, -0.25) is 0 Å². The maximum atomic E-state index is 8.65. The zero-order valence-electron chi connectivity index (χ0n) is 8.76. The minimum absolute atomic E-state index is 0.0668. The molecule has 0 radical (unpaired) electrons. The van der Waals surface area contributed by atoms with Crippen LogP contribution in [0.2, 0.25) is 0 Å². The molecule has 0 aliphatic rings. The number of benzene rings is 1. The van der Waals surface area contributed by atoms with Gasteiger partial charge in [0, 0.05) is 12.6 Å². The molecule has 0 bridgehead atoms. The van der Waals surface area contributed by atoms with Crippen LogP contribution in [0.4, 0.5) is 0 Å². The molecule has 0 amide bonds. The third-order valence-corrected chi connectivity index (χ3v) is 2.09. The Morgan fingerprint density at radius 1 is 1.33 bits per heavy atom. The van der Waals surface area contributed by atoms with E-state index in [1.807, 2.05) is 30.4 Å². The van der Waals surface area contributed by atoms with Gasteiger partial charge in [0.1, 0.15) is 0 Å². The first-order valence-corrected chi connectivity index (χ1v) is 5.04. The number of rotatable bonds is 6. The fourth-order valence-corrected chi connectivity index (χ4v) is 1.27. The molecule has 0 spiro atoms. The monoisotopic (exact) mass is 203 g/mol. The molecule has 2 nitrogen and oxygen atoms in total. The summed E-state index contributed by atoms with van der Waals surface area (Å²) in [6.07, 6.45) is 5.43. The van der Waals surface area contributed by atoms with Crippen molar-refractivity contribution in [2.45, 2.75) is 12.6 Å². The quantitative estimate of drug-likeness (QED) is 0.692. The van der Waals surface area contributed by atoms with Gasteiger partial charge in [0.05, 0.1) is 6.61 Å². The average molecular weight is 203 g/mol. The highest BCUT2D eigenvalue weighted by Crippen LogP contribution is 1.99. The molecular weight excluding hydrogens is 186 g/mol. The van der Waals surface area contributed by atoms with Gasteiger partial charge in [0.2, 0.25) is 0 Å². The molecule has 2 heteroatoms. The van der Waals surface area contributed by atoms with Crippen LogP contribution in [0.1, 0.15) is 5.56 Å². The lowest BCUT2D eigenvalue weighted by Crippen LogP contribution is -2.24. The summed E-state index contributed by atoms with van der Waals surface area (Å²) in [5.41, 5.74) is 1.24. The molecule has 0 fully saturated rings. The van der Waals surface area contributed by atoms with E-state index in [0.29, 0.717) is 0 Å².